The van der Waals surface area contributed by atoms with Crippen molar-refractivity contribution in [2.24, 2.45) is 16.8 Å². The molecule has 1 saturated heterocycles. The van der Waals surface area contributed by atoms with E-state index in [0.717, 1.165) is 48.6 Å². The molecular weight excluding hydrogens is 491 g/mol. The van der Waals surface area contributed by atoms with Gasteiger partial charge in [0, 0.05) is 31.7 Å². The highest BCUT2D eigenvalue weighted by Crippen LogP contribution is 2.29. The molecule has 0 aromatic heterocycles. The second-order valence-electron chi connectivity index (χ2n) is 8.36. The number of piperidine rings is 1. The van der Waals surface area contributed by atoms with Gasteiger partial charge in [-0.05, 0) is 63.3 Å². The van der Waals surface area contributed by atoms with Crippen LogP contribution >= 0.6 is 24.0 Å². The van der Waals surface area contributed by atoms with Crippen LogP contribution in [-0.4, -0.2) is 57.8 Å². The van der Waals surface area contributed by atoms with E-state index in [1.165, 1.54) is 25.9 Å². The van der Waals surface area contributed by atoms with Crippen molar-refractivity contribution in [3.05, 3.63) is 23.8 Å². The van der Waals surface area contributed by atoms with Crippen molar-refractivity contribution in [3.8, 4) is 11.5 Å². The number of nitrogens with one attached hydrogen (secondary N) is 2. The molecule has 0 radical (unpaired) electrons. The summed E-state index contributed by atoms with van der Waals surface area (Å²) in [5, 5.41) is 6.92. The molecule has 1 aromatic rings. The van der Waals surface area contributed by atoms with Crippen LogP contribution in [0.2, 0.25) is 0 Å². The highest BCUT2D eigenvalue weighted by atomic mass is 127. The van der Waals surface area contributed by atoms with E-state index >= 15 is 0 Å². The van der Waals surface area contributed by atoms with Crippen LogP contribution in [0, 0.1) is 11.8 Å². The number of guanidine groups is 1. The number of methoxy groups -OCH3 is 2. The molecule has 1 heterocycles. The normalized spacial score (nSPS) is 18.5. The zero-order valence-electron chi connectivity index (χ0n) is 19.5. The SMILES string of the molecule is CCNC(=NCC1CCCN(CC(C)C)C1)NC(C)c1cc(OC)ccc1OC.I. The van der Waals surface area contributed by atoms with Crippen molar-refractivity contribution in [1.82, 2.24) is 15.5 Å². The quantitative estimate of drug-likeness (QED) is 0.282. The van der Waals surface area contributed by atoms with Crippen molar-refractivity contribution in [2.75, 3.05) is 46.9 Å². The van der Waals surface area contributed by atoms with E-state index in [1.54, 1.807) is 14.2 Å². The smallest absolute Gasteiger partial charge is 0.191 e. The van der Waals surface area contributed by atoms with Crippen LogP contribution in [0.5, 0.6) is 11.5 Å². The summed E-state index contributed by atoms with van der Waals surface area (Å²) in [4.78, 5) is 7.51. The minimum absolute atomic E-state index is 0. The lowest BCUT2D eigenvalue weighted by Gasteiger charge is -2.33. The molecular formula is C23H41IN4O2. The molecule has 0 aliphatic carbocycles. The number of hydrogen-bond acceptors (Lipinski definition) is 4. The molecule has 0 bridgehead atoms. The number of rotatable bonds is 9. The van der Waals surface area contributed by atoms with E-state index in [0.29, 0.717) is 5.92 Å². The van der Waals surface area contributed by atoms with Gasteiger partial charge >= 0.3 is 0 Å². The Hall–Kier alpha value is -1.22. The maximum absolute atomic E-state index is 5.54. The van der Waals surface area contributed by atoms with Gasteiger partial charge in [0.05, 0.1) is 20.3 Å². The third-order valence-corrected chi connectivity index (χ3v) is 5.33. The lowest BCUT2D eigenvalue weighted by Crippen LogP contribution is -2.41. The van der Waals surface area contributed by atoms with Gasteiger partial charge in [-0.2, -0.15) is 0 Å². The van der Waals surface area contributed by atoms with Crippen LogP contribution in [0.25, 0.3) is 0 Å². The van der Waals surface area contributed by atoms with E-state index in [1.807, 2.05) is 18.2 Å². The maximum Gasteiger partial charge on any atom is 0.191 e. The number of aliphatic imine (C=N–C) groups is 1. The molecule has 2 rings (SSSR count). The molecule has 6 nitrogen and oxygen atoms in total. The van der Waals surface area contributed by atoms with Crippen LogP contribution in [-0.2, 0) is 0 Å². The fraction of sp³-hybridized carbons (Fsp3) is 0.696. The lowest BCUT2D eigenvalue weighted by atomic mass is 9.97. The Labute approximate surface area is 200 Å². The predicted molar refractivity (Wildman–Crippen MR) is 136 cm³/mol. The number of benzene rings is 1. The Morgan fingerprint density at radius 3 is 2.63 bits per heavy atom. The molecule has 0 spiro atoms. The summed E-state index contributed by atoms with van der Waals surface area (Å²) in [5.41, 5.74) is 1.05. The monoisotopic (exact) mass is 532 g/mol. The van der Waals surface area contributed by atoms with Crippen molar-refractivity contribution in [3.63, 3.8) is 0 Å². The zero-order chi connectivity index (χ0) is 21.2. The molecule has 2 N–H and O–H groups in total. The average molecular weight is 533 g/mol. The highest BCUT2D eigenvalue weighted by molar-refractivity contribution is 14.0. The minimum Gasteiger partial charge on any atom is -0.497 e. The van der Waals surface area contributed by atoms with Gasteiger partial charge in [-0.3, -0.25) is 4.99 Å². The first-order chi connectivity index (χ1) is 14.0. The van der Waals surface area contributed by atoms with Crippen LogP contribution in [0.4, 0.5) is 0 Å². The maximum atomic E-state index is 5.54. The minimum atomic E-state index is 0. The standard InChI is InChI=1S/C23H40N4O2.HI/c1-7-24-23(25-14-19-9-8-12-27(16-19)15-17(2)3)26-18(4)21-13-20(28-5)10-11-22(21)29-6;/h10-11,13,17-19H,7-9,12,14-16H2,1-6H3,(H2,24,25,26);1H. The first kappa shape index (κ1) is 26.8. The summed E-state index contributed by atoms with van der Waals surface area (Å²) >= 11 is 0. The Kier molecular flexibility index (Phi) is 12.5. The van der Waals surface area contributed by atoms with Gasteiger partial charge in [0.25, 0.3) is 0 Å². The first-order valence-corrected chi connectivity index (χ1v) is 11.0. The van der Waals surface area contributed by atoms with Crippen LogP contribution in [0.1, 0.15) is 52.1 Å². The number of ether oxygens (including phenoxy) is 2. The molecule has 2 atom stereocenters. The number of nitrogens with zero attached hydrogens (tertiary/aromatic N) is 2. The van der Waals surface area contributed by atoms with Gasteiger partial charge in [0.1, 0.15) is 11.5 Å². The molecule has 1 aromatic carbocycles. The van der Waals surface area contributed by atoms with Crippen LogP contribution in [0.3, 0.4) is 0 Å². The van der Waals surface area contributed by atoms with Crippen LogP contribution < -0.4 is 20.1 Å². The number of halogens is 1. The molecule has 172 valence electrons. The van der Waals surface area contributed by atoms with Crippen molar-refractivity contribution in [2.45, 2.75) is 46.6 Å². The topological polar surface area (TPSA) is 58.1 Å². The van der Waals surface area contributed by atoms with Crippen molar-refractivity contribution >= 4 is 29.9 Å². The lowest BCUT2D eigenvalue weighted by molar-refractivity contribution is 0.162. The summed E-state index contributed by atoms with van der Waals surface area (Å²) in [6, 6.07) is 5.93. The van der Waals surface area contributed by atoms with Crippen molar-refractivity contribution in [1.29, 1.82) is 0 Å². The Morgan fingerprint density at radius 1 is 1.23 bits per heavy atom. The second-order valence-corrected chi connectivity index (χ2v) is 8.36. The van der Waals surface area contributed by atoms with E-state index in [4.69, 9.17) is 14.5 Å². The van der Waals surface area contributed by atoms with Crippen LogP contribution in [0.15, 0.2) is 23.2 Å². The van der Waals surface area contributed by atoms with Gasteiger partial charge in [-0.15, -0.1) is 24.0 Å². The number of likely N-dealkylation sites (tertiary alicyclic amines) is 1. The molecule has 0 saturated carbocycles. The molecule has 0 amide bonds. The average Bonchev–Trinajstić information content (AvgIpc) is 2.71. The largest absolute Gasteiger partial charge is 0.497 e. The number of hydrogen-bond donors (Lipinski definition) is 2. The van der Waals surface area contributed by atoms with Gasteiger partial charge in [-0.25, -0.2) is 0 Å². The highest BCUT2D eigenvalue weighted by Gasteiger charge is 2.20. The Bertz CT molecular complexity index is 654. The first-order valence-electron chi connectivity index (χ1n) is 11.0. The zero-order valence-corrected chi connectivity index (χ0v) is 21.9. The Balaban J connectivity index is 0.00000450. The Morgan fingerprint density at radius 2 is 2.00 bits per heavy atom. The van der Waals surface area contributed by atoms with Gasteiger partial charge in [0.2, 0.25) is 0 Å². The third kappa shape index (κ3) is 8.49. The molecule has 7 heteroatoms. The summed E-state index contributed by atoms with van der Waals surface area (Å²) in [6.07, 6.45) is 2.53. The predicted octanol–water partition coefficient (Wildman–Crippen LogP) is 4.31. The van der Waals surface area contributed by atoms with Gasteiger partial charge < -0.3 is 25.0 Å². The van der Waals surface area contributed by atoms with E-state index < -0.39 is 0 Å². The second kappa shape index (κ2) is 14.0. The van der Waals surface area contributed by atoms with E-state index in [2.05, 4.69) is 43.2 Å². The van der Waals surface area contributed by atoms with E-state index in [9.17, 15) is 0 Å². The van der Waals surface area contributed by atoms with Crippen molar-refractivity contribution < 1.29 is 9.47 Å². The van der Waals surface area contributed by atoms with E-state index in [-0.39, 0.29) is 30.0 Å². The molecule has 30 heavy (non-hydrogen) atoms. The summed E-state index contributed by atoms with van der Waals surface area (Å²) in [7, 11) is 3.38. The molecule has 2 unspecified atom stereocenters. The molecule has 1 aliphatic heterocycles. The summed E-state index contributed by atoms with van der Waals surface area (Å²) < 4.78 is 10.9. The fourth-order valence-electron chi connectivity index (χ4n) is 3.98. The summed E-state index contributed by atoms with van der Waals surface area (Å²) in [5.74, 6) is 3.86. The molecule has 1 aliphatic rings. The molecule has 1 fully saturated rings. The van der Waals surface area contributed by atoms with Gasteiger partial charge in [0.15, 0.2) is 5.96 Å². The van der Waals surface area contributed by atoms with Gasteiger partial charge in [-0.1, -0.05) is 13.8 Å². The fourth-order valence-corrected chi connectivity index (χ4v) is 3.98. The third-order valence-electron chi connectivity index (χ3n) is 5.33. The summed E-state index contributed by atoms with van der Waals surface area (Å²) in [6.45, 7) is 14.1.